The molecule has 0 aliphatic carbocycles. The third kappa shape index (κ3) is 3.95. The Labute approximate surface area is 150 Å². The maximum absolute atomic E-state index is 5.55. The van der Waals surface area contributed by atoms with Crippen LogP contribution in [-0.2, 0) is 11.3 Å². The van der Waals surface area contributed by atoms with E-state index in [1.807, 2.05) is 18.7 Å². The van der Waals surface area contributed by atoms with Crippen LogP contribution in [0.4, 0.5) is 0 Å². The molecule has 3 rings (SSSR count). The molecule has 1 saturated heterocycles. The predicted molar refractivity (Wildman–Crippen MR) is 97.7 cm³/mol. The van der Waals surface area contributed by atoms with Crippen molar-refractivity contribution in [3.05, 3.63) is 11.6 Å². The first-order valence-corrected chi connectivity index (χ1v) is 9.18. The van der Waals surface area contributed by atoms with E-state index in [2.05, 4.69) is 44.7 Å². The van der Waals surface area contributed by atoms with Gasteiger partial charge in [-0.15, -0.1) is 0 Å². The quantitative estimate of drug-likeness (QED) is 0.615. The Morgan fingerprint density at radius 3 is 2.84 bits per heavy atom. The first-order chi connectivity index (χ1) is 12.0. The molecule has 2 aliphatic heterocycles. The summed E-state index contributed by atoms with van der Waals surface area (Å²) in [7, 11) is 6.12. The molecule has 2 N–H and O–H groups in total. The fraction of sp³-hybridized carbons (Fsp3) is 0.824. The molecular formula is C17H31N7O. The smallest absolute Gasteiger partial charge is 0.191 e. The summed E-state index contributed by atoms with van der Waals surface area (Å²) in [6.07, 6.45) is 4.21. The van der Waals surface area contributed by atoms with Crippen LogP contribution in [0.2, 0.25) is 0 Å². The summed E-state index contributed by atoms with van der Waals surface area (Å²) in [6, 6.07) is 0.158. The van der Waals surface area contributed by atoms with E-state index in [-0.39, 0.29) is 11.6 Å². The van der Waals surface area contributed by atoms with Gasteiger partial charge in [-0.3, -0.25) is 4.99 Å². The Hall–Kier alpha value is -1.67. The zero-order valence-corrected chi connectivity index (χ0v) is 15.9. The van der Waals surface area contributed by atoms with Crippen LogP contribution in [0.5, 0.6) is 0 Å². The normalized spacial score (nSPS) is 23.4. The van der Waals surface area contributed by atoms with Gasteiger partial charge >= 0.3 is 0 Å². The van der Waals surface area contributed by atoms with Gasteiger partial charge in [0.2, 0.25) is 0 Å². The number of aryl methyl sites for hydroxylation is 2. The van der Waals surface area contributed by atoms with Crippen LogP contribution in [0.25, 0.3) is 0 Å². The van der Waals surface area contributed by atoms with Gasteiger partial charge in [0.15, 0.2) is 5.96 Å². The van der Waals surface area contributed by atoms with Gasteiger partial charge in [0.1, 0.15) is 11.6 Å². The summed E-state index contributed by atoms with van der Waals surface area (Å²) in [6.45, 7) is 5.38. The highest BCUT2D eigenvalue weighted by Gasteiger charge is 2.35. The summed E-state index contributed by atoms with van der Waals surface area (Å²) in [5.41, 5.74) is 0.110. The highest BCUT2D eigenvalue weighted by atomic mass is 16.5. The van der Waals surface area contributed by atoms with Crippen molar-refractivity contribution < 1.29 is 4.74 Å². The van der Waals surface area contributed by atoms with Crippen molar-refractivity contribution in [3.63, 3.8) is 0 Å². The van der Waals surface area contributed by atoms with Crippen LogP contribution in [0, 0.1) is 6.92 Å². The number of nitrogens with one attached hydrogen (secondary N) is 2. The Morgan fingerprint density at radius 1 is 1.40 bits per heavy atom. The summed E-state index contributed by atoms with van der Waals surface area (Å²) in [4.78, 5) is 11.3. The van der Waals surface area contributed by atoms with Crippen molar-refractivity contribution in [2.45, 2.75) is 50.7 Å². The van der Waals surface area contributed by atoms with Crippen molar-refractivity contribution >= 4 is 5.96 Å². The maximum Gasteiger partial charge on any atom is 0.191 e. The second-order valence-electron chi connectivity index (χ2n) is 7.24. The van der Waals surface area contributed by atoms with Gasteiger partial charge in [0.25, 0.3) is 0 Å². The SMILES string of the molecule is CN=C(NCC1(N(C)C)CCOCC1)NC1CCCn2nc(C)nc21. The number of aliphatic imine (C=N–C) groups is 1. The summed E-state index contributed by atoms with van der Waals surface area (Å²) < 4.78 is 7.57. The highest BCUT2D eigenvalue weighted by Crippen LogP contribution is 2.25. The van der Waals surface area contributed by atoms with Crippen LogP contribution >= 0.6 is 0 Å². The van der Waals surface area contributed by atoms with Gasteiger partial charge in [-0.25, -0.2) is 9.67 Å². The average Bonchev–Trinajstić information content (AvgIpc) is 3.00. The topological polar surface area (TPSA) is 79.6 Å². The number of ether oxygens (including phenoxy) is 1. The summed E-state index contributed by atoms with van der Waals surface area (Å²) in [5.74, 6) is 2.67. The molecule has 0 radical (unpaired) electrons. The third-order valence-electron chi connectivity index (χ3n) is 5.47. The molecule has 0 saturated carbocycles. The lowest BCUT2D eigenvalue weighted by Crippen LogP contribution is -2.57. The van der Waals surface area contributed by atoms with E-state index in [0.29, 0.717) is 0 Å². The molecule has 0 bridgehead atoms. The predicted octanol–water partition coefficient (Wildman–Crippen LogP) is 0.697. The number of guanidine groups is 1. The van der Waals surface area contributed by atoms with E-state index in [0.717, 1.165) is 69.6 Å². The number of hydrogen-bond donors (Lipinski definition) is 2. The van der Waals surface area contributed by atoms with Gasteiger partial charge in [0.05, 0.1) is 6.04 Å². The minimum Gasteiger partial charge on any atom is -0.381 e. The van der Waals surface area contributed by atoms with Crippen LogP contribution < -0.4 is 10.6 Å². The zero-order valence-electron chi connectivity index (χ0n) is 15.9. The lowest BCUT2D eigenvalue weighted by Gasteiger charge is -2.43. The van der Waals surface area contributed by atoms with Crippen molar-refractivity contribution in [1.29, 1.82) is 0 Å². The first-order valence-electron chi connectivity index (χ1n) is 9.18. The molecule has 1 unspecified atom stereocenters. The lowest BCUT2D eigenvalue weighted by molar-refractivity contribution is -0.00503. The van der Waals surface area contributed by atoms with Gasteiger partial charge in [0, 0.05) is 38.9 Å². The molecule has 0 spiro atoms. The van der Waals surface area contributed by atoms with Gasteiger partial charge < -0.3 is 20.3 Å². The van der Waals surface area contributed by atoms with Gasteiger partial charge in [-0.1, -0.05) is 0 Å². The Kier molecular flexibility index (Phi) is 5.58. The van der Waals surface area contributed by atoms with E-state index in [4.69, 9.17) is 4.74 Å². The van der Waals surface area contributed by atoms with Crippen LogP contribution in [-0.4, -0.2) is 72.1 Å². The molecule has 2 aliphatic rings. The fourth-order valence-electron chi connectivity index (χ4n) is 3.75. The van der Waals surface area contributed by atoms with Crippen molar-refractivity contribution in [3.8, 4) is 0 Å². The van der Waals surface area contributed by atoms with E-state index >= 15 is 0 Å². The van der Waals surface area contributed by atoms with Crippen molar-refractivity contribution in [2.24, 2.45) is 4.99 Å². The number of hydrogen-bond acceptors (Lipinski definition) is 5. The zero-order chi connectivity index (χ0) is 17.9. The Morgan fingerprint density at radius 2 is 2.16 bits per heavy atom. The van der Waals surface area contributed by atoms with E-state index in [9.17, 15) is 0 Å². The minimum atomic E-state index is 0.110. The van der Waals surface area contributed by atoms with Crippen molar-refractivity contribution in [2.75, 3.05) is 40.9 Å². The van der Waals surface area contributed by atoms with Gasteiger partial charge in [-0.05, 0) is 46.7 Å². The second kappa shape index (κ2) is 7.70. The molecule has 3 heterocycles. The molecule has 1 fully saturated rings. The Bertz CT molecular complexity index is 604. The number of rotatable bonds is 4. The second-order valence-corrected chi connectivity index (χ2v) is 7.24. The standard InChI is InChI=1S/C17H31N7O/c1-13-20-15-14(6-5-9-24(15)22-13)21-16(18-2)19-12-17(23(3)4)7-10-25-11-8-17/h14H,5-12H2,1-4H3,(H2,18,19,21). The van der Waals surface area contributed by atoms with Crippen LogP contribution in [0.15, 0.2) is 4.99 Å². The highest BCUT2D eigenvalue weighted by molar-refractivity contribution is 5.80. The first kappa shape index (κ1) is 18.1. The van der Waals surface area contributed by atoms with E-state index in [1.54, 1.807) is 0 Å². The van der Waals surface area contributed by atoms with Crippen LogP contribution in [0.3, 0.4) is 0 Å². The number of fused-ring (bicyclic) bond motifs is 1. The monoisotopic (exact) mass is 349 g/mol. The maximum atomic E-state index is 5.55. The van der Waals surface area contributed by atoms with E-state index < -0.39 is 0 Å². The Balaban J connectivity index is 1.64. The molecule has 8 heteroatoms. The molecule has 0 aromatic carbocycles. The summed E-state index contributed by atoms with van der Waals surface area (Å²) in [5, 5.41) is 11.5. The van der Waals surface area contributed by atoms with Crippen molar-refractivity contribution in [1.82, 2.24) is 30.3 Å². The van der Waals surface area contributed by atoms with Gasteiger partial charge in [-0.2, -0.15) is 5.10 Å². The van der Waals surface area contributed by atoms with Crippen LogP contribution in [0.1, 0.15) is 43.4 Å². The summed E-state index contributed by atoms with van der Waals surface area (Å²) >= 11 is 0. The molecule has 0 amide bonds. The molecule has 140 valence electrons. The fourth-order valence-corrected chi connectivity index (χ4v) is 3.75. The number of likely N-dealkylation sites (N-methyl/N-ethyl adjacent to an activating group) is 1. The molecular weight excluding hydrogens is 318 g/mol. The molecule has 8 nitrogen and oxygen atoms in total. The minimum absolute atomic E-state index is 0.110. The number of aromatic nitrogens is 3. The van der Waals surface area contributed by atoms with E-state index in [1.165, 1.54) is 0 Å². The average molecular weight is 349 g/mol. The number of nitrogens with zero attached hydrogens (tertiary/aromatic N) is 5. The molecule has 25 heavy (non-hydrogen) atoms. The molecule has 1 aromatic heterocycles. The third-order valence-corrected chi connectivity index (χ3v) is 5.47. The molecule has 1 aromatic rings. The lowest BCUT2D eigenvalue weighted by atomic mass is 9.88. The molecule has 1 atom stereocenters. The largest absolute Gasteiger partial charge is 0.381 e.